The molecule has 0 saturated carbocycles. The van der Waals surface area contributed by atoms with E-state index in [2.05, 4.69) is 32.9 Å². The molecule has 0 aliphatic heterocycles. The van der Waals surface area contributed by atoms with Gasteiger partial charge in [-0.1, -0.05) is 136 Å². The zero-order valence-corrected chi connectivity index (χ0v) is 18.9. The summed E-state index contributed by atoms with van der Waals surface area (Å²) in [6, 6.07) is 0. The van der Waals surface area contributed by atoms with Crippen LogP contribution < -0.4 is 0 Å². The van der Waals surface area contributed by atoms with Gasteiger partial charge in [-0.3, -0.25) is 0 Å². The van der Waals surface area contributed by atoms with E-state index in [4.69, 9.17) is 0 Å². The van der Waals surface area contributed by atoms with Crippen molar-refractivity contribution in [2.75, 3.05) is 0 Å². The zero-order chi connectivity index (χ0) is 19.1. The van der Waals surface area contributed by atoms with Gasteiger partial charge in [-0.05, 0) is 31.6 Å². The number of rotatable bonds is 21. The maximum atomic E-state index is 2.44. The first-order chi connectivity index (χ1) is 12.8. The van der Waals surface area contributed by atoms with Crippen molar-refractivity contribution in [3.63, 3.8) is 0 Å². The third kappa shape index (κ3) is 20.1. The summed E-state index contributed by atoms with van der Waals surface area (Å²) < 4.78 is 0. The molecular formula is C26H52. The van der Waals surface area contributed by atoms with Crippen molar-refractivity contribution in [2.45, 2.75) is 149 Å². The van der Waals surface area contributed by atoms with Crippen LogP contribution in [0, 0.1) is 5.92 Å². The molecule has 0 spiro atoms. The molecule has 26 heavy (non-hydrogen) atoms. The summed E-state index contributed by atoms with van der Waals surface area (Å²) in [5, 5.41) is 0. The average molecular weight is 365 g/mol. The Morgan fingerprint density at radius 3 is 1.38 bits per heavy atom. The minimum atomic E-state index is 1.01. The van der Waals surface area contributed by atoms with Crippen LogP contribution in [0.5, 0.6) is 0 Å². The van der Waals surface area contributed by atoms with E-state index in [0.29, 0.717) is 0 Å². The molecular weight excluding hydrogens is 312 g/mol. The highest BCUT2D eigenvalue weighted by Gasteiger charge is 2.04. The van der Waals surface area contributed by atoms with Crippen LogP contribution in [0.1, 0.15) is 149 Å². The molecule has 0 saturated heterocycles. The lowest BCUT2D eigenvalue weighted by molar-refractivity contribution is 0.399. The molecule has 0 aromatic rings. The molecule has 0 rings (SSSR count). The SMILES string of the molecule is CCCCCCCCC=CCCCCCCCCCC(CC)CCCC. The highest BCUT2D eigenvalue weighted by Crippen LogP contribution is 2.20. The van der Waals surface area contributed by atoms with Gasteiger partial charge in [0.25, 0.3) is 0 Å². The lowest BCUT2D eigenvalue weighted by Gasteiger charge is -2.13. The summed E-state index contributed by atoms with van der Waals surface area (Å²) in [5.41, 5.74) is 0. The van der Waals surface area contributed by atoms with Gasteiger partial charge in [0, 0.05) is 0 Å². The minimum Gasteiger partial charge on any atom is -0.0885 e. The Labute approximate surface area is 167 Å². The first-order valence-corrected chi connectivity index (χ1v) is 12.5. The Morgan fingerprint density at radius 2 is 0.885 bits per heavy atom. The predicted molar refractivity (Wildman–Crippen MR) is 122 cm³/mol. The molecule has 0 fully saturated rings. The van der Waals surface area contributed by atoms with Gasteiger partial charge < -0.3 is 0 Å². The molecule has 0 aromatic heterocycles. The van der Waals surface area contributed by atoms with E-state index in [9.17, 15) is 0 Å². The van der Waals surface area contributed by atoms with Crippen LogP contribution in [0.4, 0.5) is 0 Å². The fourth-order valence-electron chi connectivity index (χ4n) is 3.90. The number of allylic oxidation sites excluding steroid dienone is 2. The van der Waals surface area contributed by atoms with Gasteiger partial charge in [-0.15, -0.1) is 0 Å². The molecule has 156 valence electrons. The number of unbranched alkanes of at least 4 members (excludes halogenated alkanes) is 14. The third-order valence-electron chi connectivity index (χ3n) is 5.92. The van der Waals surface area contributed by atoms with Gasteiger partial charge in [0.2, 0.25) is 0 Å². The van der Waals surface area contributed by atoms with Gasteiger partial charge in [0.1, 0.15) is 0 Å². The molecule has 1 unspecified atom stereocenters. The zero-order valence-electron chi connectivity index (χ0n) is 18.9. The van der Waals surface area contributed by atoms with Crippen molar-refractivity contribution in [3.05, 3.63) is 12.2 Å². The quantitative estimate of drug-likeness (QED) is 0.140. The predicted octanol–water partition coefficient (Wildman–Crippen LogP) is 10.0. The Kier molecular flexibility index (Phi) is 22.6. The van der Waals surface area contributed by atoms with Gasteiger partial charge >= 0.3 is 0 Å². The second kappa shape index (κ2) is 22.8. The van der Waals surface area contributed by atoms with E-state index in [-0.39, 0.29) is 0 Å². The minimum absolute atomic E-state index is 1.01. The molecule has 0 N–H and O–H groups in total. The van der Waals surface area contributed by atoms with E-state index in [0.717, 1.165) is 5.92 Å². The highest BCUT2D eigenvalue weighted by atomic mass is 14.1. The second-order valence-electron chi connectivity index (χ2n) is 8.50. The first-order valence-electron chi connectivity index (χ1n) is 12.5. The van der Waals surface area contributed by atoms with Crippen LogP contribution in [0.2, 0.25) is 0 Å². The molecule has 0 aliphatic rings. The average Bonchev–Trinajstić information content (AvgIpc) is 2.66. The Hall–Kier alpha value is -0.260. The molecule has 0 bridgehead atoms. The van der Waals surface area contributed by atoms with Crippen molar-refractivity contribution < 1.29 is 0 Å². The number of hydrogen-bond acceptors (Lipinski definition) is 0. The highest BCUT2D eigenvalue weighted by molar-refractivity contribution is 4.81. The van der Waals surface area contributed by atoms with Gasteiger partial charge in [-0.2, -0.15) is 0 Å². The molecule has 0 heterocycles. The molecule has 0 radical (unpaired) electrons. The van der Waals surface area contributed by atoms with Crippen LogP contribution in [0.15, 0.2) is 12.2 Å². The summed E-state index contributed by atoms with van der Waals surface area (Å²) in [6.45, 7) is 6.99. The largest absolute Gasteiger partial charge is 0.0885 e. The molecule has 1 atom stereocenters. The maximum Gasteiger partial charge on any atom is -0.0351 e. The normalized spacial score (nSPS) is 12.9. The van der Waals surface area contributed by atoms with Crippen molar-refractivity contribution in [2.24, 2.45) is 5.92 Å². The lowest BCUT2D eigenvalue weighted by atomic mass is 9.93. The van der Waals surface area contributed by atoms with Crippen molar-refractivity contribution in [3.8, 4) is 0 Å². The van der Waals surface area contributed by atoms with E-state index in [1.807, 2.05) is 0 Å². The summed E-state index contributed by atoms with van der Waals surface area (Å²) >= 11 is 0. The van der Waals surface area contributed by atoms with Gasteiger partial charge in [0.05, 0.1) is 0 Å². The standard InChI is InChI=1S/C26H52/c1-4-7-9-10-11-12-13-14-15-16-17-18-19-20-21-22-23-25-26(6-3)24-8-5-2/h14-15,26H,4-13,16-25H2,1-3H3. The molecule has 0 aliphatic carbocycles. The fourth-order valence-corrected chi connectivity index (χ4v) is 3.90. The van der Waals surface area contributed by atoms with Crippen molar-refractivity contribution in [1.29, 1.82) is 0 Å². The number of hydrogen-bond donors (Lipinski definition) is 0. The lowest BCUT2D eigenvalue weighted by Crippen LogP contribution is -1.98. The van der Waals surface area contributed by atoms with Crippen LogP contribution in [-0.4, -0.2) is 0 Å². The van der Waals surface area contributed by atoms with Crippen LogP contribution in [0.3, 0.4) is 0 Å². The molecule has 0 nitrogen and oxygen atoms in total. The smallest absolute Gasteiger partial charge is 0.0351 e. The fraction of sp³-hybridized carbons (Fsp3) is 0.923. The monoisotopic (exact) mass is 364 g/mol. The van der Waals surface area contributed by atoms with E-state index >= 15 is 0 Å². The summed E-state index contributed by atoms with van der Waals surface area (Å²) in [7, 11) is 0. The van der Waals surface area contributed by atoms with Crippen molar-refractivity contribution >= 4 is 0 Å². The molecule has 0 heteroatoms. The van der Waals surface area contributed by atoms with E-state index < -0.39 is 0 Å². The van der Waals surface area contributed by atoms with E-state index in [1.165, 1.54) is 128 Å². The Balaban J connectivity index is 3.20. The first kappa shape index (κ1) is 25.7. The second-order valence-corrected chi connectivity index (χ2v) is 8.50. The summed E-state index contributed by atoms with van der Waals surface area (Å²) in [5.74, 6) is 1.01. The third-order valence-corrected chi connectivity index (χ3v) is 5.92. The Morgan fingerprint density at radius 1 is 0.462 bits per heavy atom. The summed E-state index contributed by atoms with van der Waals surface area (Å²) in [4.78, 5) is 0. The molecule has 0 aromatic carbocycles. The van der Waals surface area contributed by atoms with E-state index in [1.54, 1.807) is 0 Å². The van der Waals surface area contributed by atoms with Gasteiger partial charge in [-0.25, -0.2) is 0 Å². The van der Waals surface area contributed by atoms with Crippen molar-refractivity contribution in [1.82, 2.24) is 0 Å². The Bertz CT molecular complexity index is 265. The van der Waals surface area contributed by atoms with Gasteiger partial charge in [0.15, 0.2) is 0 Å². The van der Waals surface area contributed by atoms with Crippen LogP contribution >= 0.6 is 0 Å². The summed E-state index contributed by atoms with van der Waals surface area (Å²) in [6.07, 6.45) is 33.3. The topological polar surface area (TPSA) is 0 Å². The maximum absolute atomic E-state index is 2.44. The van der Waals surface area contributed by atoms with Crippen LogP contribution in [-0.2, 0) is 0 Å². The van der Waals surface area contributed by atoms with Crippen LogP contribution in [0.25, 0.3) is 0 Å². The molecule has 0 amide bonds.